The summed E-state index contributed by atoms with van der Waals surface area (Å²) in [7, 11) is 1.84. The van der Waals surface area contributed by atoms with Crippen LogP contribution in [-0.2, 0) is 4.74 Å². The summed E-state index contributed by atoms with van der Waals surface area (Å²) in [6.45, 7) is 6.67. The second-order valence-corrected chi connectivity index (χ2v) is 10.8. The average Bonchev–Trinajstić information content (AvgIpc) is 3.19. The lowest BCUT2D eigenvalue weighted by Gasteiger charge is -2.43. The van der Waals surface area contributed by atoms with Crippen LogP contribution in [0.1, 0.15) is 62.4 Å². The van der Waals surface area contributed by atoms with Crippen LogP contribution in [0.15, 0.2) is 71.8 Å². The summed E-state index contributed by atoms with van der Waals surface area (Å²) in [4.78, 5) is 7.18. The third kappa shape index (κ3) is 4.66. The van der Waals surface area contributed by atoms with E-state index in [1.165, 1.54) is 11.6 Å². The molecule has 3 aliphatic rings. The first kappa shape index (κ1) is 25.5. The van der Waals surface area contributed by atoms with Crippen molar-refractivity contribution < 1.29 is 14.2 Å². The lowest BCUT2D eigenvalue weighted by molar-refractivity contribution is 0.0567. The van der Waals surface area contributed by atoms with Crippen molar-refractivity contribution >= 4 is 11.4 Å². The van der Waals surface area contributed by atoms with Crippen molar-refractivity contribution in [1.29, 1.82) is 0 Å². The van der Waals surface area contributed by atoms with Gasteiger partial charge in [-0.1, -0.05) is 36.4 Å². The van der Waals surface area contributed by atoms with E-state index in [0.29, 0.717) is 36.1 Å². The third-order valence-corrected chi connectivity index (χ3v) is 7.87. The smallest absolute Gasteiger partial charge is 0.112 e. The lowest BCUT2D eigenvalue weighted by Crippen LogP contribution is -2.43. The number of fused-ring (bicyclic) bond motifs is 3. The van der Waals surface area contributed by atoms with Gasteiger partial charge in [0.15, 0.2) is 0 Å². The minimum Gasteiger partial charge on any atom is -0.401 e. The Morgan fingerprint density at radius 2 is 1.95 bits per heavy atom. The average molecular weight is 505 g/mol. The molecule has 6 nitrogen and oxygen atoms in total. The number of nitrogens with two attached hydrogens (primary N) is 1. The molecule has 3 heterocycles. The van der Waals surface area contributed by atoms with Crippen LogP contribution >= 0.6 is 0 Å². The molecule has 196 valence electrons. The van der Waals surface area contributed by atoms with Crippen molar-refractivity contribution in [2.75, 3.05) is 25.2 Å². The monoisotopic (exact) mass is 504 g/mol. The van der Waals surface area contributed by atoms with Crippen LogP contribution in [0.25, 0.3) is 5.70 Å². The molecular weight excluding hydrogens is 467 g/mol. The molecule has 3 unspecified atom stereocenters. The Hall–Kier alpha value is -3.16. The Morgan fingerprint density at radius 3 is 2.57 bits per heavy atom. The Bertz CT molecular complexity index is 1240. The predicted octanol–water partition coefficient (Wildman–Crippen LogP) is 4.95. The molecule has 2 aromatic rings. The number of benzene rings is 1. The van der Waals surface area contributed by atoms with Gasteiger partial charge < -0.3 is 25.8 Å². The van der Waals surface area contributed by atoms with Gasteiger partial charge in [-0.3, -0.25) is 4.98 Å². The normalized spacial score (nSPS) is 23.5. The minimum atomic E-state index is -1.17. The van der Waals surface area contributed by atoms with Gasteiger partial charge in [0.05, 0.1) is 40.7 Å². The van der Waals surface area contributed by atoms with Crippen LogP contribution in [0.4, 0.5) is 10.1 Å². The Balaban J connectivity index is 1.74. The van der Waals surface area contributed by atoms with E-state index < -0.39 is 11.5 Å². The van der Waals surface area contributed by atoms with E-state index in [0.717, 1.165) is 29.8 Å². The van der Waals surface area contributed by atoms with Crippen molar-refractivity contribution in [3.8, 4) is 0 Å². The summed E-state index contributed by atoms with van der Waals surface area (Å²) in [5, 5.41) is 14.0. The highest BCUT2D eigenvalue weighted by Crippen LogP contribution is 2.53. The van der Waals surface area contributed by atoms with Gasteiger partial charge in [0.25, 0.3) is 0 Å². The fourth-order valence-corrected chi connectivity index (χ4v) is 6.10. The number of hydrogen-bond acceptors (Lipinski definition) is 6. The fraction of sp³-hybridized carbons (Fsp3) is 0.433. The zero-order chi connectivity index (χ0) is 26.3. The second kappa shape index (κ2) is 9.95. The van der Waals surface area contributed by atoms with Crippen molar-refractivity contribution in [2.24, 2.45) is 11.7 Å². The summed E-state index contributed by atoms with van der Waals surface area (Å²) >= 11 is 0. The van der Waals surface area contributed by atoms with Gasteiger partial charge in [0, 0.05) is 37.7 Å². The molecule has 0 radical (unpaired) electrons. The van der Waals surface area contributed by atoms with Gasteiger partial charge in [-0.2, -0.15) is 0 Å². The number of ether oxygens (including phenoxy) is 1. The Morgan fingerprint density at radius 1 is 1.24 bits per heavy atom. The molecule has 37 heavy (non-hydrogen) atoms. The molecule has 0 bridgehead atoms. The minimum absolute atomic E-state index is 0.0120. The maximum absolute atomic E-state index is 15.9. The Labute approximate surface area is 218 Å². The first-order valence-corrected chi connectivity index (χ1v) is 13.1. The standard InChI is InChI=1S/C30H37FN4O2/c1-18(32)27(33-4)21-14-25-28(34-17-21)26-23(31)15-22(30(2,3)36)16-24(26)35(25)29(19-8-6-5-7-9-19)20-10-12-37-13-11-20/h5-9,14-17,20,24,26,29,33,36H,10-13,32H2,1-4H3/b27-18-. The molecular formula is C30H37FN4O2. The number of aromatic nitrogens is 1. The third-order valence-electron chi connectivity index (χ3n) is 7.87. The number of aliphatic hydroxyl groups is 1. The van der Waals surface area contributed by atoms with Gasteiger partial charge in [0.2, 0.25) is 0 Å². The molecule has 5 rings (SSSR count). The predicted molar refractivity (Wildman–Crippen MR) is 145 cm³/mol. The van der Waals surface area contributed by atoms with Gasteiger partial charge in [0.1, 0.15) is 5.83 Å². The van der Waals surface area contributed by atoms with Crippen molar-refractivity contribution in [3.05, 3.63) is 88.7 Å². The molecule has 1 aromatic heterocycles. The van der Waals surface area contributed by atoms with Crippen LogP contribution in [-0.4, -0.2) is 42.0 Å². The SMILES string of the molecule is CN/C(=C(/C)N)c1cnc2c(c1)N(C(c1ccccc1)C1CCOCC1)C1C=C(C(C)(C)O)C=C(F)C21. The number of anilines is 1. The maximum atomic E-state index is 15.9. The van der Waals surface area contributed by atoms with E-state index in [1.807, 2.05) is 26.1 Å². The maximum Gasteiger partial charge on any atom is 0.112 e. The van der Waals surface area contributed by atoms with Gasteiger partial charge in [-0.15, -0.1) is 0 Å². The fourth-order valence-electron chi connectivity index (χ4n) is 6.10. The highest BCUT2D eigenvalue weighted by Gasteiger charge is 2.48. The summed E-state index contributed by atoms with van der Waals surface area (Å²) in [5.41, 5.74) is 10.7. The van der Waals surface area contributed by atoms with Crippen LogP contribution < -0.4 is 16.0 Å². The molecule has 4 N–H and O–H groups in total. The highest BCUT2D eigenvalue weighted by molar-refractivity contribution is 5.74. The van der Waals surface area contributed by atoms with E-state index >= 15 is 4.39 Å². The van der Waals surface area contributed by atoms with E-state index in [2.05, 4.69) is 40.5 Å². The molecule has 0 spiro atoms. The second-order valence-electron chi connectivity index (χ2n) is 10.8. The number of rotatable bonds is 6. The zero-order valence-electron chi connectivity index (χ0n) is 22.0. The molecule has 0 amide bonds. The molecule has 7 heteroatoms. The molecule has 3 atom stereocenters. The molecule has 0 saturated carbocycles. The van der Waals surface area contributed by atoms with Crippen molar-refractivity contribution in [2.45, 2.75) is 57.2 Å². The highest BCUT2D eigenvalue weighted by atomic mass is 19.1. The lowest BCUT2D eigenvalue weighted by atomic mass is 9.82. The Kier molecular flexibility index (Phi) is 6.86. The van der Waals surface area contributed by atoms with Gasteiger partial charge in [-0.05, 0) is 62.8 Å². The first-order chi connectivity index (χ1) is 17.7. The van der Waals surface area contributed by atoms with Crippen LogP contribution in [0.2, 0.25) is 0 Å². The van der Waals surface area contributed by atoms with E-state index in [4.69, 9.17) is 15.5 Å². The number of nitrogens with one attached hydrogen (secondary N) is 1. The van der Waals surface area contributed by atoms with Crippen LogP contribution in [0, 0.1) is 5.92 Å². The molecule has 2 aliphatic heterocycles. The van der Waals surface area contributed by atoms with E-state index in [-0.39, 0.29) is 17.9 Å². The summed E-state index contributed by atoms with van der Waals surface area (Å²) < 4.78 is 21.6. The number of nitrogens with zero attached hydrogens (tertiary/aromatic N) is 2. The summed E-state index contributed by atoms with van der Waals surface area (Å²) in [5.74, 6) is -0.496. The number of halogens is 1. The molecule has 1 aromatic carbocycles. The van der Waals surface area contributed by atoms with Crippen molar-refractivity contribution in [1.82, 2.24) is 10.3 Å². The molecule has 1 saturated heterocycles. The first-order valence-electron chi connectivity index (χ1n) is 13.1. The number of hydrogen-bond donors (Lipinski definition) is 3. The van der Waals surface area contributed by atoms with Crippen LogP contribution in [0.3, 0.4) is 0 Å². The molecule has 1 fully saturated rings. The summed E-state index contributed by atoms with van der Waals surface area (Å²) in [6.07, 6.45) is 7.13. The molecule has 1 aliphatic carbocycles. The van der Waals surface area contributed by atoms with Crippen LogP contribution in [0.5, 0.6) is 0 Å². The largest absolute Gasteiger partial charge is 0.401 e. The summed E-state index contributed by atoms with van der Waals surface area (Å²) in [6, 6.07) is 12.2. The van der Waals surface area contributed by atoms with E-state index in [1.54, 1.807) is 20.0 Å². The van der Waals surface area contributed by atoms with Gasteiger partial charge in [-0.25, -0.2) is 4.39 Å². The zero-order valence-corrected chi connectivity index (χ0v) is 22.0. The topological polar surface area (TPSA) is 83.6 Å². The van der Waals surface area contributed by atoms with E-state index in [9.17, 15) is 5.11 Å². The quantitative estimate of drug-likeness (QED) is 0.516. The number of pyridine rings is 1. The number of allylic oxidation sites excluding steroid dienone is 1. The van der Waals surface area contributed by atoms with Gasteiger partial charge >= 0.3 is 0 Å². The van der Waals surface area contributed by atoms with Crippen molar-refractivity contribution in [3.63, 3.8) is 0 Å².